The van der Waals surface area contributed by atoms with Crippen molar-refractivity contribution in [2.45, 2.75) is 13.0 Å². The van der Waals surface area contributed by atoms with Crippen molar-refractivity contribution in [1.29, 1.82) is 0 Å². The highest BCUT2D eigenvalue weighted by molar-refractivity contribution is 5.81. The number of hydrogen-bond donors (Lipinski definition) is 1. The molecule has 0 unspecified atom stereocenters. The van der Waals surface area contributed by atoms with Gasteiger partial charge in [0.05, 0.1) is 13.2 Å². The summed E-state index contributed by atoms with van der Waals surface area (Å²) in [7, 11) is 0. The molecule has 0 saturated carbocycles. The molecule has 0 aromatic carbocycles. The smallest absolute Gasteiger partial charge is 0.137 e. The maximum atomic E-state index is 5.37. The minimum Gasteiger partial charge on any atom is -0.375 e. The van der Waals surface area contributed by atoms with Gasteiger partial charge in [-0.15, -0.1) is 0 Å². The summed E-state index contributed by atoms with van der Waals surface area (Å²) in [6.07, 6.45) is 2.81. The fraction of sp³-hybridized carbons (Fsp3) is 0.300. The number of ether oxygens (including phenoxy) is 1. The number of H-pyrrole nitrogens is 1. The number of nitrogens with zero attached hydrogens (tertiary/aromatic N) is 1. The van der Waals surface area contributed by atoms with E-state index in [4.69, 9.17) is 4.74 Å². The first-order valence-electron chi connectivity index (χ1n) is 4.47. The van der Waals surface area contributed by atoms with E-state index in [0.29, 0.717) is 6.61 Å². The second kappa shape index (κ2) is 2.57. The molecule has 0 fully saturated rings. The molecule has 2 aromatic heterocycles. The Morgan fingerprint density at radius 2 is 2.46 bits per heavy atom. The Kier molecular flexibility index (Phi) is 1.40. The van der Waals surface area contributed by atoms with Gasteiger partial charge in [-0.05, 0) is 24.1 Å². The SMILES string of the molecule is c1cnc2[nH]c3c(c2c1)CCOC3. The van der Waals surface area contributed by atoms with Crippen molar-refractivity contribution in [2.75, 3.05) is 6.61 Å². The molecule has 3 nitrogen and oxygen atoms in total. The van der Waals surface area contributed by atoms with Gasteiger partial charge in [0.2, 0.25) is 0 Å². The van der Waals surface area contributed by atoms with Crippen LogP contribution in [-0.4, -0.2) is 16.6 Å². The monoisotopic (exact) mass is 174 g/mol. The summed E-state index contributed by atoms with van der Waals surface area (Å²) in [5.41, 5.74) is 3.56. The van der Waals surface area contributed by atoms with E-state index >= 15 is 0 Å². The molecule has 1 N–H and O–H groups in total. The largest absolute Gasteiger partial charge is 0.375 e. The zero-order chi connectivity index (χ0) is 8.67. The van der Waals surface area contributed by atoms with E-state index < -0.39 is 0 Å². The van der Waals surface area contributed by atoms with Crippen LogP contribution in [0.15, 0.2) is 18.3 Å². The van der Waals surface area contributed by atoms with Crippen molar-refractivity contribution in [3.63, 3.8) is 0 Å². The van der Waals surface area contributed by atoms with Gasteiger partial charge < -0.3 is 9.72 Å². The first-order valence-corrected chi connectivity index (χ1v) is 4.47. The van der Waals surface area contributed by atoms with Crippen LogP contribution in [0, 0.1) is 0 Å². The van der Waals surface area contributed by atoms with Crippen molar-refractivity contribution >= 4 is 11.0 Å². The number of nitrogens with one attached hydrogen (secondary N) is 1. The maximum Gasteiger partial charge on any atom is 0.137 e. The highest BCUT2D eigenvalue weighted by Gasteiger charge is 2.15. The Balaban J connectivity index is 2.34. The molecular weight excluding hydrogens is 164 g/mol. The van der Waals surface area contributed by atoms with Gasteiger partial charge in [0.25, 0.3) is 0 Å². The predicted molar refractivity (Wildman–Crippen MR) is 49.5 cm³/mol. The van der Waals surface area contributed by atoms with Crippen LogP contribution >= 0.6 is 0 Å². The van der Waals surface area contributed by atoms with Gasteiger partial charge in [0.15, 0.2) is 0 Å². The number of pyridine rings is 1. The van der Waals surface area contributed by atoms with Gasteiger partial charge in [-0.25, -0.2) is 4.98 Å². The lowest BCUT2D eigenvalue weighted by molar-refractivity contribution is 0.109. The van der Waals surface area contributed by atoms with Crippen LogP contribution in [0.25, 0.3) is 11.0 Å². The van der Waals surface area contributed by atoms with Crippen LogP contribution in [0.3, 0.4) is 0 Å². The van der Waals surface area contributed by atoms with E-state index in [9.17, 15) is 0 Å². The number of rotatable bonds is 0. The topological polar surface area (TPSA) is 37.9 Å². The predicted octanol–water partition coefficient (Wildman–Crippen LogP) is 1.64. The fourth-order valence-electron chi connectivity index (χ4n) is 1.89. The molecule has 1 aliphatic heterocycles. The van der Waals surface area contributed by atoms with Crippen molar-refractivity contribution < 1.29 is 4.74 Å². The summed E-state index contributed by atoms with van der Waals surface area (Å²) in [4.78, 5) is 7.56. The first-order chi connectivity index (χ1) is 6.45. The minimum absolute atomic E-state index is 0.700. The van der Waals surface area contributed by atoms with Crippen LogP contribution in [0.4, 0.5) is 0 Å². The van der Waals surface area contributed by atoms with Crippen LogP contribution in [0.1, 0.15) is 11.3 Å². The number of aromatic nitrogens is 2. The molecule has 0 saturated heterocycles. The van der Waals surface area contributed by atoms with E-state index in [0.717, 1.165) is 18.7 Å². The highest BCUT2D eigenvalue weighted by Crippen LogP contribution is 2.24. The number of fused-ring (bicyclic) bond motifs is 3. The van der Waals surface area contributed by atoms with E-state index in [2.05, 4.69) is 16.0 Å². The third-order valence-electron chi connectivity index (χ3n) is 2.51. The molecule has 1 aliphatic rings. The highest BCUT2D eigenvalue weighted by atomic mass is 16.5. The minimum atomic E-state index is 0.700. The maximum absolute atomic E-state index is 5.37. The van der Waals surface area contributed by atoms with Gasteiger partial charge in [-0.1, -0.05) is 0 Å². The van der Waals surface area contributed by atoms with Crippen LogP contribution < -0.4 is 0 Å². The molecule has 66 valence electrons. The molecule has 0 radical (unpaired) electrons. The van der Waals surface area contributed by atoms with Gasteiger partial charge >= 0.3 is 0 Å². The Morgan fingerprint density at radius 1 is 1.46 bits per heavy atom. The quantitative estimate of drug-likeness (QED) is 0.659. The first kappa shape index (κ1) is 7.09. The second-order valence-corrected chi connectivity index (χ2v) is 3.28. The van der Waals surface area contributed by atoms with Crippen molar-refractivity contribution in [3.8, 4) is 0 Å². The van der Waals surface area contributed by atoms with Gasteiger partial charge in [0, 0.05) is 17.3 Å². The Bertz CT molecular complexity index is 447. The molecule has 0 amide bonds. The summed E-state index contributed by atoms with van der Waals surface area (Å²) >= 11 is 0. The molecule has 0 atom stereocenters. The van der Waals surface area contributed by atoms with Crippen LogP contribution in [0.2, 0.25) is 0 Å². The van der Waals surface area contributed by atoms with Crippen molar-refractivity contribution in [3.05, 3.63) is 29.6 Å². The summed E-state index contributed by atoms with van der Waals surface area (Å²) in [6, 6.07) is 4.09. The molecule has 2 aromatic rings. The summed E-state index contributed by atoms with van der Waals surface area (Å²) in [5.74, 6) is 0. The number of hydrogen-bond acceptors (Lipinski definition) is 2. The summed E-state index contributed by atoms with van der Waals surface area (Å²) < 4.78 is 5.37. The van der Waals surface area contributed by atoms with Crippen LogP contribution in [0.5, 0.6) is 0 Å². The third-order valence-corrected chi connectivity index (χ3v) is 2.51. The third kappa shape index (κ3) is 0.971. The molecule has 3 heterocycles. The normalized spacial score (nSPS) is 16.0. The zero-order valence-corrected chi connectivity index (χ0v) is 7.21. The number of aromatic amines is 1. The fourth-order valence-corrected chi connectivity index (χ4v) is 1.89. The second-order valence-electron chi connectivity index (χ2n) is 3.28. The zero-order valence-electron chi connectivity index (χ0n) is 7.21. The molecule has 0 aliphatic carbocycles. The van der Waals surface area contributed by atoms with E-state index in [1.807, 2.05) is 12.3 Å². The van der Waals surface area contributed by atoms with E-state index in [-0.39, 0.29) is 0 Å². The Labute approximate surface area is 75.7 Å². The lowest BCUT2D eigenvalue weighted by Gasteiger charge is -2.11. The summed E-state index contributed by atoms with van der Waals surface area (Å²) in [6.45, 7) is 1.53. The Hall–Kier alpha value is -1.35. The van der Waals surface area contributed by atoms with E-state index in [1.165, 1.54) is 16.6 Å². The standard InChI is InChI=1S/C10H10N2O/c1-2-8-7-3-5-13-6-9(7)12-10(8)11-4-1/h1-2,4H,3,5-6H2,(H,11,12). The average Bonchev–Trinajstić information content (AvgIpc) is 2.56. The van der Waals surface area contributed by atoms with Crippen molar-refractivity contribution in [1.82, 2.24) is 9.97 Å². The lowest BCUT2D eigenvalue weighted by atomic mass is 10.1. The van der Waals surface area contributed by atoms with Crippen molar-refractivity contribution in [2.24, 2.45) is 0 Å². The Morgan fingerprint density at radius 3 is 3.46 bits per heavy atom. The van der Waals surface area contributed by atoms with Gasteiger partial charge in [-0.3, -0.25) is 0 Å². The van der Waals surface area contributed by atoms with Gasteiger partial charge in [-0.2, -0.15) is 0 Å². The molecule has 3 heteroatoms. The molecule has 0 spiro atoms. The molecule has 3 rings (SSSR count). The molecule has 13 heavy (non-hydrogen) atoms. The average molecular weight is 174 g/mol. The van der Waals surface area contributed by atoms with Gasteiger partial charge in [0.1, 0.15) is 5.65 Å². The van der Waals surface area contributed by atoms with E-state index in [1.54, 1.807) is 0 Å². The van der Waals surface area contributed by atoms with Crippen LogP contribution in [-0.2, 0) is 17.8 Å². The lowest BCUT2D eigenvalue weighted by Crippen LogP contribution is -2.08. The molecular formula is C10H10N2O. The summed E-state index contributed by atoms with van der Waals surface area (Å²) in [5, 5.41) is 1.25. The molecule has 0 bridgehead atoms.